The van der Waals surface area contributed by atoms with Gasteiger partial charge in [-0.15, -0.1) is 0 Å². The summed E-state index contributed by atoms with van der Waals surface area (Å²) in [5, 5.41) is 0.782. The molecular weight excluding hydrogens is 309 g/mol. The molecule has 0 aliphatic carbocycles. The van der Waals surface area contributed by atoms with Gasteiger partial charge in [0.15, 0.2) is 5.82 Å². The standard InChI is InChI=1S/C15H9Cl2N3O/c16-11-6-12(9-18-8-11)21-14-7-13(17)19-15(20-14)10-4-2-1-3-5-10/h1-9H. The number of pyridine rings is 1. The average molecular weight is 318 g/mol. The summed E-state index contributed by atoms with van der Waals surface area (Å²) < 4.78 is 5.62. The summed E-state index contributed by atoms with van der Waals surface area (Å²) in [7, 11) is 0. The van der Waals surface area contributed by atoms with E-state index in [9.17, 15) is 0 Å². The summed E-state index contributed by atoms with van der Waals surface area (Å²) in [6.07, 6.45) is 3.07. The van der Waals surface area contributed by atoms with Crippen LogP contribution in [0.3, 0.4) is 0 Å². The molecule has 0 amide bonds. The van der Waals surface area contributed by atoms with Crippen LogP contribution in [-0.2, 0) is 0 Å². The molecule has 3 aromatic rings. The lowest BCUT2D eigenvalue weighted by molar-refractivity contribution is 0.460. The fourth-order valence-electron chi connectivity index (χ4n) is 1.73. The normalized spacial score (nSPS) is 10.4. The van der Waals surface area contributed by atoms with Gasteiger partial charge in [0.1, 0.15) is 10.9 Å². The van der Waals surface area contributed by atoms with Crippen molar-refractivity contribution in [3.05, 3.63) is 65.0 Å². The largest absolute Gasteiger partial charge is 0.437 e. The van der Waals surface area contributed by atoms with E-state index in [-0.39, 0.29) is 0 Å². The van der Waals surface area contributed by atoms with Crippen LogP contribution < -0.4 is 4.74 Å². The third-order valence-electron chi connectivity index (χ3n) is 2.61. The van der Waals surface area contributed by atoms with Crippen molar-refractivity contribution in [1.29, 1.82) is 0 Å². The third kappa shape index (κ3) is 3.48. The Morgan fingerprint density at radius 2 is 1.71 bits per heavy atom. The number of hydrogen-bond donors (Lipinski definition) is 0. The van der Waals surface area contributed by atoms with E-state index < -0.39 is 0 Å². The van der Waals surface area contributed by atoms with Gasteiger partial charge in [0, 0.05) is 23.9 Å². The molecule has 0 atom stereocenters. The van der Waals surface area contributed by atoms with Crippen molar-refractivity contribution in [2.75, 3.05) is 0 Å². The van der Waals surface area contributed by atoms with Gasteiger partial charge in [-0.05, 0) is 0 Å². The van der Waals surface area contributed by atoms with Crippen LogP contribution >= 0.6 is 23.2 Å². The molecule has 0 saturated heterocycles. The quantitative estimate of drug-likeness (QED) is 0.660. The van der Waals surface area contributed by atoms with Gasteiger partial charge >= 0.3 is 0 Å². The molecule has 3 rings (SSSR count). The van der Waals surface area contributed by atoms with E-state index in [4.69, 9.17) is 27.9 Å². The summed E-state index contributed by atoms with van der Waals surface area (Å²) in [5.74, 6) is 1.31. The SMILES string of the molecule is Clc1cncc(Oc2cc(Cl)nc(-c3ccccc3)n2)c1. The summed E-state index contributed by atoms with van der Waals surface area (Å²) >= 11 is 11.9. The van der Waals surface area contributed by atoms with Gasteiger partial charge in [0.25, 0.3) is 0 Å². The summed E-state index contributed by atoms with van der Waals surface area (Å²) in [5.41, 5.74) is 0.856. The minimum atomic E-state index is 0.300. The topological polar surface area (TPSA) is 47.9 Å². The zero-order valence-corrected chi connectivity index (χ0v) is 12.2. The van der Waals surface area contributed by atoms with Gasteiger partial charge in [-0.1, -0.05) is 53.5 Å². The maximum Gasteiger partial charge on any atom is 0.224 e. The number of hydrogen-bond acceptors (Lipinski definition) is 4. The Labute approximate surface area is 131 Å². The number of halogens is 2. The lowest BCUT2D eigenvalue weighted by Gasteiger charge is -2.07. The van der Waals surface area contributed by atoms with Crippen molar-refractivity contribution in [3.63, 3.8) is 0 Å². The van der Waals surface area contributed by atoms with Gasteiger partial charge in [-0.25, -0.2) is 4.98 Å². The molecule has 1 aromatic carbocycles. The first-order chi connectivity index (χ1) is 10.2. The van der Waals surface area contributed by atoms with E-state index in [2.05, 4.69) is 15.0 Å². The van der Waals surface area contributed by atoms with E-state index in [1.807, 2.05) is 30.3 Å². The third-order valence-corrected chi connectivity index (χ3v) is 3.01. The van der Waals surface area contributed by atoms with Crippen LogP contribution in [0.2, 0.25) is 10.2 Å². The van der Waals surface area contributed by atoms with E-state index in [0.717, 1.165) is 5.56 Å². The van der Waals surface area contributed by atoms with Crippen molar-refractivity contribution >= 4 is 23.2 Å². The van der Waals surface area contributed by atoms with Crippen molar-refractivity contribution in [2.24, 2.45) is 0 Å². The summed E-state index contributed by atoms with van der Waals surface area (Å²) in [4.78, 5) is 12.5. The lowest BCUT2D eigenvalue weighted by atomic mass is 10.2. The number of rotatable bonds is 3. The van der Waals surface area contributed by atoms with Gasteiger partial charge in [0.05, 0.1) is 11.2 Å². The minimum Gasteiger partial charge on any atom is -0.437 e. The predicted octanol–water partition coefficient (Wildman–Crippen LogP) is 4.64. The zero-order chi connectivity index (χ0) is 14.7. The zero-order valence-electron chi connectivity index (χ0n) is 10.7. The van der Waals surface area contributed by atoms with Gasteiger partial charge < -0.3 is 4.74 Å². The number of aromatic nitrogens is 3. The smallest absolute Gasteiger partial charge is 0.224 e. The molecule has 0 aliphatic heterocycles. The molecule has 6 heteroatoms. The Balaban J connectivity index is 1.95. The Hall–Kier alpha value is -2.17. The molecule has 104 valence electrons. The van der Waals surface area contributed by atoms with Crippen LogP contribution in [0.15, 0.2) is 54.9 Å². The van der Waals surface area contributed by atoms with Crippen LogP contribution in [0.25, 0.3) is 11.4 Å². The van der Waals surface area contributed by atoms with E-state index in [0.29, 0.717) is 27.6 Å². The Morgan fingerprint density at radius 1 is 0.905 bits per heavy atom. The monoisotopic (exact) mass is 317 g/mol. The van der Waals surface area contributed by atoms with Crippen molar-refractivity contribution in [3.8, 4) is 23.0 Å². The number of ether oxygens (including phenoxy) is 1. The highest BCUT2D eigenvalue weighted by molar-refractivity contribution is 6.30. The van der Waals surface area contributed by atoms with E-state index >= 15 is 0 Å². The van der Waals surface area contributed by atoms with Crippen molar-refractivity contribution in [2.45, 2.75) is 0 Å². The number of nitrogens with zero attached hydrogens (tertiary/aromatic N) is 3. The van der Waals surface area contributed by atoms with Crippen LogP contribution in [0.1, 0.15) is 0 Å². The predicted molar refractivity (Wildman–Crippen MR) is 81.8 cm³/mol. The molecule has 0 aliphatic rings. The molecule has 0 radical (unpaired) electrons. The van der Waals surface area contributed by atoms with Gasteiger partial charge in [-0.2, -0.15) is 4.98 Å². The second kappa shape index (κ2) is 6.08. The van der Waals surface area contributed by atoms with Crippen LogP contribution in [0, 0.1) is 0 Å². The first-order valence-electron chi connectivity index (χ1n) is 6.09. The van der Waals surface area contributed by atoms with Gasteiger partial charge in [-0.3, -0.25) is 4.98 Å². The molecule has 0 fully saturated rings. The van der Waals surface area contributed by atoms with Crippen LogP contribution in [0.5, 0.6) is 11.6 Å². The molecule has 21 heavy (non-hydrogen) atoms. The van der Waals surface area contributed by atoms with Crippen LogP contribution in [-0.4, -0.2) is 15.0 Å². The molecule has 0 saturated carbocycles. The maximum absolute atomic E-state index is 6.02. The highest BCUT2D eigenvalue weighted by Gasteiger charge is 2.08. The molecule has 2 heterocycles. The number of benzene rings is 1. The first-order valence-corrected chi connectivity index (χ1v) is 6.85. The molecule has 0 bridgehead atoms. The average Bonchev–Trinajstić information content (AvgIpc) is 2.47. The highest BCUT2D eigenvalue weighted by Crippen LogP contribution is 2.26. The van der Waals surface area contributed by atoms with Crippen LogP contribution in [0.4, 0.5) is 0 Å². The Morgan fingerprint density at radius 3 is 2.48 bits per heavy atom. The highest BCUT2D eigenvalue weighted by atomic mass is 35.5. The fraction of sp³-hybridized carbons (Fsp3) is 0. The Bertz CT molecular complexity index is 766. The van der Waals surface area contributed by atoms with Crippen molar-refractivity contribution in [1.82, 2.24) is 15.0 Å². The molecule has 0 unspecified atom stereocenters. The first kappa shape index (κ1) is 13.8. The second-order valence-corrected chi connectivity index (χ2v) is 4.98. The minimum absolute atomic E-state index is 0.300. The van der Waals surface area contributed by atoms with E-state index in [1.54, 1.807) is 12.3 Å². The molecule has 0 N–H and O–H groups in total. The molecule has 0 spiro atoms. The van der Waals surface area contributed by atoms with Gasteiger partial charge in [0.2, 0.25) is 5.88 Å². The summed E-state index contributed by atoms with van der Waals surface area (Å²) in [6, 6.07) is 12.7. The summed E-state index contributed by atoms with van der Waals surface area (Å²) in [6.45, 7) is 0. The van der Waals surface area contributed by atoms with E-state index in [1.165, 1.54) is 12.3 Å². The fourth-order valence-corrected chi connectivity index (χ4v) is 2.07. The second-order valence-electron chi connectivity index (χ2n) is 4.16. The molecule has 4 nitrogen and oxygen atoms in total. The Kier molecular flexibility index (Phi) is 3.99. The molecular formula is C15H9Cl2N3O. The van der Waals surface area contributed by atoms with Crippen molar-refractivity contribution < 1.29 is 4.74 Å². The maximum atomic E-state index is 6.02. The lowest BCUT2D eigenvalue weighted by Crippen LogP contribution is -1.94. The molecule has 2 aromatic heterocycles.